The zero-order chi connectivity index (χ0) is 26.0. The minimum atomic E-state index is -0.226. The molecule has 0 radical (unpaired) electrons. The van der Waals surface area contributed by atoms with Crippen molar-refractivity contribution in [1.82, 2.24) is 25.4 Å². The van der Waals surface area contributed by atoms with Gasteiger partial charge < -0.3 is 19.9 Å². The van der Waals surface area contributed by atoms with E-state index in [0.717, 1.165) is 12.0 Å². The van der Waals surface area contributed by atoms with Gasteiger partial charge in [0.05, 0.1) is 18.4 Å². The second kappa shape index (κ2) is 12.5. The maximum absolute atomic E-state index is 13.4. The molecule has 4 rings (SSSR count). The molecule has 3 aromatic rings. The van der Waals surface area contributed by atoms with Crippen LogP contribution in [0.5, 0.6) is 5.75 Å². The first-order valence-electron chi connectivity index (χ1n) is 12.4. The van der Waals surface area contributed by atoms with E-state index >= 15 is 0 Å². The quantitative estimate of drug-likeness (QED) is 0.500. The fraction of sp³-hybridized carbons (Fsp3) is 0.321. The van der Waals surface area contributed by atoms with E-state index in [1.807, 2.05) is 43.0 Å². The molecule has 1 saturated heterocycles. The zero-order valence-electron chi connectivity index (χ0n) is 21.1. The summed E-state index contributed by atoms with van der Waals surface area (Å²) >= 11 is 0. The van der Waals surface area contributed by atoms with Gasteiger partial charge >= 0.3 is 0 Å². The van der Waals surface area contributed by atoms with Crippen LogP contribution in [0.3, 0.4) is 0 Å². The van der Waals surface area contributed by atoms with Crippen LogP contribution in [0, 0.1) is 11.8 Å². The number of rotatable bonds is 7. The van der Waals surface area contributed by atoms with Crippen LogP contribution in [0.1, 0.15) is 52.2 Å². The lowest BCUT2D eigenvalue weighted by Crippen LogP contribution is -2.49. The van der Waals surface area contributed by atoms with Crippen molar-refractivity contribution < 1.29 is 14.3 Å². The Hall–Kier alpha value is -4.45. The highest BCUT2D eigenvalue weighted by atomic mass is 16.5. The predicted octanol–water partition coefficient (Wildman–Crippen LogP) is 2.77. The van der Waals surface area contributed by atoms with Gasteiger partial charge in [-0.2, -0.15) is 0 Å². The lowest BCUT2D eigenvalue weighted by atomic mass is 10.1. The molecule has 0 spiro atoms. The summed E-state index contributed by atoms with van der Waals surface area (Å²) in [6, 6.07) is 12.7. The number of hydrogen-bond acceptors (Lipinski definition) is 7. The molecule has 1 fully saturated rings. The highest BCUT2D eigenvalue weighted by Gasteiger charge is 2.24. The largest absolute Gasteiger partial charge is 0.492 e. The summed E-state index contributed by atoms with van der Waals surface area (Å²) in [5, 5.41) is 11.1. The number of carbonyl (C=O) groups excluding carboxylic acids is 2. The minimum Gasteiger partial charge on any atom is -0.492 e. The van der Waals surface area contributed by atoms with Crippen molar-refractivity contribution in [3.05, 3.63) is 77.2 Å². The Morgan fingerprint density at radius 1 is 1.00 bits per heavy atom. The number of aromatic nitrogens is 3. The Morgan fingerprint density at radius 2 is 1.81 bits per heavy atom. The van der Waals surface area contributed by atoms with Gasteiger partial charge in [0, 0.05) is 50.0 Å². The Labute approximate surface area is 216 Å². The van der Waals surface area contributed by atoms with Gasteiger partial charge in [-0.3, -0.25) is 14.6 Å². The summed E-state index contributed by atoms with van der Waals surface area (Å²) in [5.41, 5.74) is 2.25. The summed E-state index contributed by atoms with van der Waals surface area (Å²) in [6.07, 6.45) is 4.18. The predicted molar refractivity (Wildman–Crippen MR) is 141 cm³/mol. The second-order valence-electron chi connectivity index (χ2n) is 8.45. The van der Waals surface area contributed by atoms with Gasteiger partial charge in [0.1, 0.15) is 5.75 Å². The van der Waals surface area contributed by atoms with Crippen molar-refractivity contribution >= 4 is 17.6 Å². The van der Waals surface area contributed by atoms with Crippen LogP contribution in [0.15, 0.2) is 54.9 Å². The molecule has 0 saturated carbocycles. The van der Waals surface area contributed by atoms with Gasteiger partial charge in [-0.05, 0) is 43.7 Å². The molecule has 2 aromatic heterocycles. The van der Waals surface area contributed by atoms with Crippen LogP contribution in [-0.2, 0) is 0 Å². The molecule has 1 aromatic carbocycles. The lowest BCUT2D eigenvalue weighted by molar-refractivity contribution is 0.0745. The highest BCUT2D eigenvalue weighted by molar-refractivity contribution is 5.97. The van der Waals surface area contributed by atoms with E-state index in [1.165, 1.54) is 0 Å². The van der Waals surface area contributed by atoms with Crippen molar-refractivity contribution in [2.75, 3.05) is 44.2 Å². The maximum atomic E-state index is 13.4. The molecule has 1 aliphatic rings. The zero-order valence-corrected chi connectivity index (χ0v) is 21.1. The van der Waals surface area contributed by atoms with Gasteiger partial charge in [0.25, 0.3) is 11.8 Å². The van der Waals surface area contributed by atoms with Gasteiger partial charge in [-0.1, -0.05) is 30.9 Å². The molecule has 9 nitrogen and oxygen atoms in total. The summed E-state index contributed by atoms with van der Waals surface area (Å²) in [4.78, 5) is 33.5. The highest BCUT2D eigenvalue weighted by Crippen LogP contribution is 2.17. The Balaban J connectivity index is 1.40. The Kier molecular flexibility index (Phi) is 8.66. The van der Waals surface area contributed by atoms with E-state index in [9.17, 15) is 9.59 Å². The normalized spacial score (nSPS) is 12.9. The fourth-order valence-electron chi connectivity index (χ4n) is 3.90. The van der Waals surface area contributed by atoms with E-state index < -0.39 is 0 Å². The number of anilines is 1. The van der Waals surface area contributed by atoms with Gasteiger partial charge in [0.15, 0.2) is 11.5 Å². The molecule has 0 bridgehead atoms. The Bertz CT molecular complexity index is 1290. The van der Waals surface area contributed by atoms with E-state index in [4.69, 9.17) is 4.74 Å². The molecule has 37 heavy (non-hydrogen) atoms. The number of hydrogen-bond donors (Lipinski definition) is 1. The van der Waals surface area contributed by atoms with Gasteiger partial charge in [0.2, 0.25) is 0 Å². The molecule has 0 unspecified atom stereocenters. The smallest absolute Gasteiger partial charge is 0.271 e. The molecule has 9 heteroatoms. The first kappa shape index (κ1) is 25.6. The number of benzene rings is 1. The summed E-state index contributed by atoms with van der Waals surface area (Å²) in [5.74, 6) is 7.29. The average Bonchev–Trinajstić information content (AvgIpc) is 2.95. The van der Waals surface area contributed by atoms with Crippen LogP contribution in [0.2, 0.25) is 0 Å². The maximum Gasteiger partial charge on any atom is 0.271 e. The third-order valence-electron chi connectivity index (χ3n) is 5.83. The van der Waals surface area contributed by atoms with Crippen LogP contribution in [0.4, 0.5) is 5.82 Å². The third-order valence-corrected chi connectivity index (χ3v) is 5.83. The molecule has 1 N–H and O–H groups in total. The van der Waals surface area contributed by atoms with E-state index in [-0.39, 0.29) is 11.8 Å². The molecule has 1 aliphatic heterocycles. The Morgan fingerprint density at radius 3 is 2.54 bits per heavy atom. The second-order valence-corrected chi connectivity index (χ2v) is 8.45. The lowest BCUT2D eigenvalue weighted by Gasteiger charge is -2.35. The molecule has 2 amide bonds. The third kappa shape index (κ3) is 6.61. The number of carbonyl (C=O) groups is 2. The van der Waals surface area contributed by atoms with Gasteiger partial charge in [-0.15, -0.1) is 10.2 Å². The monoisotopic (exact) mass is 498 g/mol. The topological polar surface area (TPSA) is 101 Å². The van der Waals surface area contributed by atoms with E-state index in [2.05, 4.69) is 37.2 Å². The molecule has 3 heterocycles. The van der Waals surface area contributed by atoms with Crippen LogP contribution < -0.4 is 15.0 Å². The molecule has 0 atom stereocenters. The first-order valence-corrected chi connectivity index (χ1v) is 12.4. The van der Waals surface area contributed by atoms with E-state index in [1.54, 1.807) is 30.6 Å². The summed E-state index contributed by atoms with van der Waals surface area (Å²) in [6.45, 7) is 7.38. The van der Waals surface area contributed by atoms with Crippen molar-refractivity contribution in [2.24, 2.45) is 0 Å². The van der Waals surface area contributed by atoms with Gasteiger partial charge in [-0.25, -0.2) is 0 Å². The number of pyridine rings is 1. The molecular weight excluding hydrogens is 468 g/mol. The first-order chi connectivity index (χ1) is 18.1. The molecule has 190 valence electrons. The SMILES string of the molecule is CCCNC(=O)c1ccc(N2CCN(C(=O)c3ccccc3C#Cc3cncc(OCC)c3)CC2)nn1. The summed E-state index contributed by atoms with van der Waals surface area (Å²) < 4.78 is 5.49. The molecule has 0 aliphatic carbocycles. The van der Waals surface area contributed by atoms with Crippen molar-refractivity contribution in [2.45, 2.75) is 20.3 Å². The van der Waals surface area contributed by atoms with E-state index in [0.29, 0.717) is 67.7 Å². The minimum absolute atomic E-state index is 0.0558. The number of ether oxygens (including phenoxy) is 1. The average molecular weight is 499 g/mol. The number of nitrogens with zero attached hydrogens (tertiary/aromatic N) is 5. The number of amides is 2. The standard InChI is InChI=1S/C28H30N6O3/c1-3-13-30-27(35)25-11-12-26(32-31-25)33-14-16-34(17-15-33)28(36)24-8-6-5-7-22(24)10-9-21-18-23(37-4-2)20-29-19-21/h5-8,11-12,18-20H,3-4,13-17H2,1-2H3,(H,30,35). The van der Waals surface area contributed by atoms with Crippen LogP contribution >= 0.6 is 0 Å². The number of nitrogens with one attached hydrogen (secondary N) is 1. The number of piperazine rings is 1. The van der Waals surface area contributed by atoms with Crippen LogP contribution in [-0.4, -0.2) is 71.2 Å². The van der Waals surface area contributed by atoms with Crippen molar-refractivity contribution in [3.63, 3.8) is 0 Å². The fourth-order valence-corrected chi connectivity index (χ4v) is 3.90. The molecular formula is C28H30N6O3. The summed E-state index contributed by atoms with van der Waals surface area (Å²) in [7, 11) is 0. The van der Waals surface area contributed by atoms with Crippen molar-refractivity contribution in [3.8, 4) is 17.6 Å². The van der Waals surface area contributed by atoms with Crippen LogP contribution in [0.25, 0.3) is 0 Å². The van der Waals surface area contributed by atoms with Crippen molar-refractivity contribution in [1.29, 1.82) is 0 Å².